The zero-order valence-corrected chi connectivity index (χ0v) is 46.5. The highest BCUT2D eigenvalue weighted by Gasteiger charge is 2.49. The van der Waals surface area contributed by atoms with E-state index in [0.29, 0.717) is 55.4 Å². The van der Waals surface area contributed by atoms with Gasteiger partial charge in [0.2, 0.25) is 0 Å². The number of anilines is 4. The third kappa shape index (κ3) is 12.7. The fraction of sp³-hybridized carbons (Fsp3) is 0.370. The van der Waals surface area contributed by atoms with Crippen LogP contribution in [0.5, 0.6) is 0 Å². The van der Waals surface area contributed by atoms with Gasteiger partial charge in [0.05, 0.1) is 35.9 Å². The first-order valence-electron chi connectivity index (χ1n) is 25.2. The Kier molecular flexibility index (Phi) is 17.1. The summed E-state index contributed by atoms with van der Waals surface area (Å²) in [7, 11) is -14.8. The van der Waals surface area contributed by atoms with E-state index in [4.69, 9.17) is 20.6 Å². The van der Waals surface area contributed by atoms with Gasteiger partial charge in [-0.1, -0.05) is 54.1 Å². The van der Waals surface area contributed by atoms with Gasteiger partial charge in [0.25, 0.3) is 9.84 Å². The largest absolute Gasteiger partial charge is 0.501 e. The molecule has 0 amide bonds. The zero-order valence-electron chi connectivity index (χ0n) is 42.4. The maximum Gasteiger partial charge on any atom is 0.501 e. The fourth-order valence-corrected chi connectivity index (χ4v) is 15.4. The van der Waals surface area contributed by atoms with Crippen molar-refractivity contribution in [2.75, 3.05) is 84.5 Å². The number of hydrogen-bond donors (Lipinski definition) is 3. The van der Waals surface area contributed by atoms with Crippen molar-refractivity contribution >= 4 is 76.6 Å². The van der Waals surface area contributed by atoms with Crippen molar-refractivity contribution in [3.63, 3.8) is 0 Å². The molecular weight excluding hydrogens is 1080 g/mol. The lowest BCUT2D eigenvalue weighted by molar-refractivity contribution is -0.0435. The van der Waals surface area contributed by atoms with Crippen LogP contribution in [0.3, 0.4) is 0 Å². The van der Waals surface area contributed by atoms with E-state index in [1.807, 2.05) is 66.7 Å². The van der Waals surface area contributed by atoms with Gasteiger partial charge < -0.3 is 38.9 Å². The molecule has 76 heavy (non-hydrogen) atoms. The smallest absolute Gasteiger partial charge is 0.380 e. The van der Waals surface area contributed by atoms with E-state index in [0.717, 1.165) is 70.9 Å². The Morgan fingerprint density at radius 1 is 0.816 bits per heavy atom. The average molecular weight is 1140 g/mol. The number of aromatic nitrogens is 1. The number of likely N-dealkylation sites (tertiary alicyclic amines) is 1. The third-order valence-electron chi connectivity index (χ3n) is 14.1. The molecule has 3 fully saturated rings. The molecule has 0 radical (unpaired) electrons. The number of piperazine rings is 1. The lowest BCUT2D eigenvalue weighted by Crippen LogP contribution is -2.46. The molecule has 0 saturated carbocycles. The number of phosphoric acid groups is 1. The molecule has 0 bridgehead atoms. The van der Waals surface area contributed by atoms with Crippen LogP contribution in [-0.4, -0.2) is 110 Å². The number of piperidine rings is 1. The molecule has 3 saturated heterocycles. The fourth-order valence-electron chi connectivity index (χ4n) is 10.4. The summed E-state index contributed by atoms with van der Waals surface area (Å²) in [4.78, 5) is 25.1. The van der Waals surface area contributed by atoms with Crippen LogP contribution < -0.4 is 25.1 Å². The van der Waals surface area contributed by atoms with Crippen molar-refractivity contribution < 1.29 is 49.6 Å². The molecule has 22 heteroatoms. The topological polar surface area (TPSA) is 157 Å². The predicted molar refractivity (Wildman–Crippen MR) is 298 cm³/mol. The molecule has 406 valence electrons. The second kappa shape index (κ2) is 23.3. The molecule has 5 aromatic carbocycles. The summed E-state index contributed by atoms with van der Waals surface area (Å²) < 4.78 is 112. The molecule has 6 aromatic rings. The maximum absolute atomic E-state index is 15.0. The SMILES string of the molecule is Cc1cc(-c2cccc(N3CCN(c4ccc(N5CCO[P@]5(=O)c5ccc(N[C@H](CCN6CCC(OP(=O)(O)O)CC6)CSc6ccccc6)c(S(=O)(=O)C(F)(F)F)c5)cc4)CC3)c2)c(-c2ccc(Cl)cc2)n1C(C)C. The van der Waals surface area contributed by atoms with Gasteiger partial charge in [-0.2, -0.15) is 13.2 Å². The normalized spacial score (nSPS) is 18.7. The van der Waals surface area contributed by atoms with Gasteiger partial charge in [0.15, 0.2) is 0 Å². The number of benzene rings is 5. The summed E-state index contributed by atoms with van der Waals surface area (Å²) in [5.74, 6) is 0.352. The quantitative estimate of drug-likeness (QED) is 0.0552. The van der Waals surface area contributed by atoms with Crippen molar-refractivity contribution in [2.24, 2.45) is 0 Å². The van der Waals surface area contributed by atoms with Crippen LogP contribution in [0.1, 0.15) is 44.8 Å². The standard InChI is InChI=1S/C54H62ClF3N6O8P2S2/c1-38(2)64-39(3)34-50(53(64)40-12-14-42(55)15-13-40)41-8-7-9-46(35-41)62-30-28-61(29-31-62)44-16-18-45(19-17-44)63-32-33-71-73(63,65)48-20-21-51(52(36-48)76(69,70)54(56,57)58)59-43(37-75-49-10-5-4-6-11-49)22-25-60-26-23-47(24-27-60)72-74(66,67)68/h4-21,34-36,38,43,47,59H,22-33,37H2,1-3H3,(H2,66,67,68)/t43-,73-/m1/s1. The van der Waals surface area contributed by atoms with E-state index in [2.05, 4.69) is 87.8 Å². The third-order valence-corrected chi connectivity index (χ3v) is 20.2. The Labute approximate surface area is 451 Å². The monoisotopic (exact) mass is 1140 g/mol. The van der Waals surface area contributed by atoms with E-state index >= 15 is 0 Å². The molecule has 3 aliphatic heterocycles. The number of rotatable bonds is 18. The second-order valence-electron chi connectivity index (χ2n) is 19.6. The van der Waals surface area contributed by atoms with Gasteiger partial charge in [-0.25, -0.2) is 13.0 Å². The lowest BCUT2D eigenvalue weighted by atomic mass is 10.00. The van der Waals surface area contributed by atoms with Crippen LogP contribution in [0.25, 0.3) is 22.4 Å². The summed E-state index contributed by atoms with van der Waals surface area (Å²) in [5.41, 5.74) is 2.30. The Morgan fingerprint density at radius 3 is 2.12 bits per heavy atom. The summed E-state index contributed by atoms with van der Waals surface area (Å²) >= 11 is 7.74. The highest BCUT2D eigenvalue weighted by atomic mass is 35.5. The maximum atomic E-state index is 15.0. The van der Waals surface area contributed by atoms with Gasteiger partial charge >= 0.3 is 20.9 Å². The van der Waals surface area contributed by atoms with Gasteiger partial charge in [-0.15, -0.1) is 11.8 Å². The number of nitrogens with one attached hydrogen (secondary N) is 1. The Morgan fingerprint density at radius 2 is 1.47 bits per heavy atom. The number of aryl methyl sites for hydroxylation is 1. The Hall–Kier alpha value is -4.78. The van der Waals surface area contributed by atoms with E-state index in [-0.39, 0.29) is 30.2 Å². The zero-order chi connectivity index (χ0) is 54.0. The van der Waals surface area contributed by atoms with Crippen LogP contribution in [0, 0.1) is 6.92 Å². The van der Waals surface area contributed by atoms with Gasteiger partial charge in [0, 0.05) is 102 Å². The van der Waals surface area contributed by atoms with Gasteiger partial charge in [-0.05, 0) is 136 Å². The Bertz CT molecular complexity index is 3190. The van der Waals surface area contributed by atoms with Crippen LogP contribution in [0.15, 0.2) is 137 Å². The molecular formula is C54H62ClF3N6O8P2S2. The van der Waals surface area contributed by atoms with Gasteiger partial charge in [-0.3, -0.25) is 13.8 Å². The van der Waals surface area contributed by atoms with Crippen molar-refractivity contribution in [3.05, 3.63) is 138 Å². The lowest BCUT2D eigenvalue weighted by Gasteiger charge is -2.37. The van der Waals surface area contributed by atoms with E-state index < -0.39 is 47.7 Å². The number of hydrogen-bond acceptors (Lipinski definition) is 11. The summed E-state index contributed by atoms with van der Waals surface area (Å²) in [6.45, 7) is 11.0. The van der Waals surface area contributed by atoms with Crippen molar-refractivity contribution in [1.29, 1.82) is 0 Å². The first-order valence-corrected chi connectivity index (χ1v) is 31.2. The van der Waals surface area contributed by atoms with E-state index in [9.17, 15) is 40.5 Å². The number of phosphoric ester groups is 1. The van der Waals surface area contributed by atoms with Crippen LogP contribution >= 0.6 is 38.7 Å². The predicted octanol–water partition coefficient (Wildman–Crippen LogP) is 11.9. The summed E-state index contributed by atoms with van der Waals surface area (Å²) in [5, 5.41) is 3.61. The minimum absolute atomic E-state index is 0.00336. The first-order chi connectivity index (χ1) is 36.2. The minimum atomic E-state index is -5.98. The summed E-state index contributed by atoms with van der Waals surface area (Å²) in [6, 6.07) is 38.9. The van der Waals surface area contributed by atoms with Crippen LogP contribution in [0.4, 0.5) is 35.9 Å². The van der Waals surface area contributed by atoms with Crippen molar-refractivity contribution in [3.8, 4) is 22.4 Å². The molecule has 1 aromatic heterocycles. The number of halogens is 4. The van der Waals surface area contributed by atoms with Crippen LogP contribution in [-0.2, 0) is 28.0 Å². The molecule has 3 N–H and O–H groups in total. The second-order valence-corrected chi connectivity index (χ2v) is 26.5. The Balaban J connectivity index is 0.900. The van der Waals surface area contributed by atoms with Crippen LogP contribution in [0.2, 0.25) is 5.02 Å². The molecule has 4 heterocycles. The van der Waals surface area contributed by atoms with Crippen molar-refractivity contribution in [2.45, 2.75) is 73.5 Å². The van der Waals surface area contributed by atoms with Crippen molar-refractivity contribution in [1.82, 2.24) is 9.47 Å². The molecule has 0 unspecified atom stereocenters. The first kappa shape index (κ1) is 56.0. The molecule has 3 aliphatic rings. The number of nitrogens with zero attached hydrogens (tertiary/aromatic N) is 5. The molecule has 9 rings (SSSR count). The highest BCUT2D eigenvalue weighted by molar-refractivity contribution is 7.99. The van der Waals surface area contributed by atoms with E-state index in [1.54, 1.807) is 0 Å². The number of sulfone groups is 1. The number of alkyl halides is 3. The molecule has 0 aliphatic carbocycles. The average Bonchev–Trinajstić information content (AvgIpc) is 4.00. The summed E-state index contributed by atoms with van der Waals surface area (Å²) in [6.07, 6.45) is 0.517. The molecule has 2 atom stereocenters. The molecule has 0 spiro atoms. The number of thioether (sulfide) groups is 1. The van der Waals surface area contributed by atoms with E-state index in [1.165, 1.54) is 34.3 Å². The molecule has 14 nitrogen and oxygen atoms in total. The minimum Gasteiger partial charge on any atom is -0.380 e. The highest BCUT2D eigenvalue weighted by Crippen LogP contribution is 2.56. The van der Waals surface area contributed by atoms with Gasteiger partial charge in [0.1, 0.15) is 4.90 Å².